The van der Waals surface area contributed by atoms with Crippen molar-refractivity contribution in [3.05, 3.63) is 0 Å². The molecule has 0 bridgehead atoms. The molecule has 0 spiro atoms. The van der Waals surface area contributed by atoms with Crippen LogP contribution < -0.4 is 6.15 Å². The van der Waals surface area contributed by atoms with Gasteiger partial charge in [-0.15, -0.1) is 0 Å². The molecule has 2 fully saturated rings. The van der Waals surface area contributed by atoms with Crippen molar-refractivity contribution in [2.45, 2.75) is 39.2 Å². The van der Waals surface area contributed by atoms with E-state index in [0.29, 0.717) is 0 Å². The van der Waals surface area contributed by atoms with Gasteiger partial charge in [0.25, 0.3) is 0 Å². The van der Waals surface area contributed by atoms with Gasteiger partial charge in [-0.25, -0.2) is 0 Å². The Bertz CT molecular complexity index is 176. The molecule has 3 N–H and O–H groups in total. The summed E-state index contributed by atoms with van der Waals surface area (Å²) in [5.74, 6) is 0.968. The van der Waals surface area contributed by atoms with Crippen molar-refractivity contribution in [2.24, 2.45) is 5.92 Å². The minimum Gasteiger partial charge on any atom is -0.344 e. The fraction of sp³-hybridized carbons (Fsp3) is 1.00. The van der Waals surface area contributed by atoms with Gasteiger partial charge in [-0.3, -0.25) is 4.90 Å². The maximum absolute atomic E-state index is 2.73. The van der Waals surface area contributed by atoms with Crippen molar-refractivity contribution in [3.8, 4) is 0 Å². The van der Waals surface area contributed by atoms with Gasteiger partial charge in [0, 0.05) is 12.6 Å². The lowest BCUT2D eigenvalue weighted by Gasteiger charge is -2.34. The van der Waals surface area contributed by atoms with E-state index in [-0.39, 0.29) is 6.15 Å². The molecule has 0 amide bonds. The molecule has 0 aliphatic carbocycles. The Morgan fingerprint density at radius 3 is 2.27 bits per heavy atom. The van der Waals surface area contributed by atoms with Crippen LogP contribution in [0.2, 0.25) is 0 Å². The van der Waals surface area contributed by atoms with Crippen molar-refractivity contribution in [3.63, 3.8) is 0 Å². The van der Waals surface area contributed by atoms with Crippen LogP contribution in [0.3, 0.4) is 0 Å². The average Bonchev–Trinajstić information content (AvgIpc) is 2.67. The summed E-state index contributed by atoms with van der Waals surface area (Å²) in [5, 5.41) is 0. The predicted molar refractivity (Wildman–Crippen MR) is 65.5 cm³/mol. The van der Waals surface area contributed by atoms with Gasteiger partial charge in [-0.1, -0.05) is 13.8 Å². The molecule has 2 aliphatic rings. The van der Waals surface area contributed by atoms with Crippen LogP contribution in [0.4, 0.5) is 0 Å². The topological polar surface area (TPSA) is 41.5 Å². The van der Waals surface area contributed by atoms with Crippen LogP contribution in [-0.2, 0) is 0 Å². The highest BCUT2D eigenvalue weighted by molar-refractivity contribution is 4.85. The van der Waals surface area contributed by atoms with E-state index in [9.17, 15) is 0 Å². The van der Waals surface area contributed by atoms with Crippen molar-refractivity contribution >= 4 is 0 Å². The quantitative estimate of drug-likeness (QED) is 0.762. The second-order valence-electron chi connectivity index (χ2n) is 5.05. The van der Waals surface area contributed by atoms with Crippen LogP contribution in [0.15, 0.2) is 0 Å². The number of hydrogen-bond acceptors (Lipinski definition) is 3. The molecule has 2 rings (SSSR count). The second kappa shape index (κ2) is 5.83. The van der Waals surface area contributed by atoms with E-state index in [1.165, 1.54) is 52.0 Å². The summed E-state index contributed by atoms with van der Waals surface area (Å²) < 4.78 is 0. The first-order chi connectivity index (χ1) is 6.79. The van der Waals surface area contributed by atoms with Crippen LogP contribution in [0.1, 0.15) is 33.1 Å². The maximum Gasteiger partial charge on any atom is 0.0235 e. The van der Waals surface area contributed by atoms with Gasteiger partial charge >= 0.3 is 0 Å². The molecule has 3 heteroatoms. The van der Waals surface area contributed by atoms with Crippen molar-refractivity contribution < 1.29 is 0 Å². The lowest BCUT2D eigenvalue weighted by Crippen LogP contribution is -2.42. The Balaban J connectivity index is 0.00000112. The molecule has 2 aliphatic heterocycles. The SMILES string of the molecule is CCN1CCC(N2CCC(C)CC2)C1.N. The molecule has 0 saturated carbocycles. The number of hydrogen-bond donors (Lipinski definition) is 1. The zero-order valence-corrected chi connectivity index (χ0v) is 10.4. The normalized spacial score (nSPS) is 30.4. The molecule has 1 unspecified atom stereocenters. The first-order valence-corrected chi connectivity index (χ1v) is 6.26. The summed E-state index contributed by atoms with van der Waals surface area (Å²) in [4.78, 5) is 5.32. The van der Waals surface area contributed by atoms with Crippen molar-refractivity contribution in [2.75, 3.05) is 32.7 Å². The predicted octanol–water partition coefficient (Wildman–Crippen LogP) is 1.97. The zero-order chi connectivity index (χ0) is 9.97. The number of piperidine rings is 1. The Hall–Kier alpha value is -0.120. The Labute approximate surface area is 94.4 Å². The van der Waals surface area contributed by atoms with E-state index < -0.39 is 0 Å². The van der Waals surface area contributed by atoms with Gasteiger partial charge in [0.2, 0.25) is 0 Å². The van der Waals surface area contributed by atoms with Crippen LogP contribution in [0.5, 0.6) is 0 Å². The van der Waals surface area contributed by atoms with Crippen LogP contribution in [0.25, 0.3) is 0 Å². The fourth-order valence-corrected chi connectivity index (χ4v) is 2.79. The Morgan fingerprint density at radius 1 is 1.07 bits per heavy atom. The minimum atomic E-state index is 0. The molecular weight excluding hydrogens is 186 g/mol. The van der Waals surface area contributed by atoms with Gasteiger partial charge in [0.05, 0.1) is 0 Å². The molecule has 90 valence electrons. The summed E-state index contributed by atoms with van der Waals surface area (Å²) in [6, 6.07) is 0.877. The highest BCUT2D eigenvalue weighted by atomic mass is 15.2. The van der Waals surface area contributed by atoms with Crippen LogP contribution in [-0.4, -0.2) is 48.6 Å². The highest BCUT2D eigenvalue weighted by Crippen LogP contribution is 2.22. The molecule has 0 radical (unpaired) electrons. The first-order valence-electron chi connectivity index (χ1n) is 6.26. The minimum absolute atomic E-state index is 0. The summed E-state index contributed by atoms with van der Waals surface area (Å²) in [6.45, 7) is 11.3. The van der Waals surface area contributed by atoms with Gasteiger partial charge in [0.1, 0.15) is 0 Å². The van der Waals surface area contributed by atoms with E-state index in [0.717, 1.165) is 12.0 Å². The van der Waals surface area contributed by atoms with Crippen LogP contribution >= 0.6 is 0 Å². The second-order valence-corrected chi connectivity index (χ2v) is 5.05. The molecule has 0 aromatic carbocycles. The number of likely N-dealkylation sites (N-methyl/N-ethyl adjacent to an activating group) is 1. The maximum atomic E-state index is 2.73. The lowest BCUT2D eigenvalue weighted by atomic mass is 9.98. The molecule has 0 aromatic heterocycles. The fourth-order valence-electron chi connectivity index (χ4n) is 2.79. The molecule has 2 saturated heterocycles. The third-order valence-corrected chi connectivity index (χ3v) is 4.03. The number of likely N-dealkylation sites (tertiary alicyclic amines) is 2. The van der Waals surface area contributed by atoms with Gasteiger partial charge < -0.3 is 11.1 Å². The largest absolute Gasteiger partial charge is 0.344 e. The summed E-state index contributed by atoms with van der Waals surface area (Å²) in [6.07, 6.45) is 4.24. The summed E-state index contributed by atoms with van der Waals surface area (Å²) in [5.41, 5.74) is 0. The van der Waals surface area contributed by atoms with E-state index in [4.69, 9.17) is 0 Å². The summed E-state index contributed by atoms with van der Waals surface area (Å²) in [7, 11) is 0. The Morgan fingerprint density at radius 2 is 1.73 bits per heavy atom. The van der Waals surface area contributed by atoms with E-state index in [2.05, 4.69) is 23.6 Å². The summed E-state index contributed by atoms with van der Waals surface area (Å²) >= 11 is 0. The first kappa shape index (κ1) is 12.9. The number of rotatable bonds is 2. The van der Waals surface area contributed by atoms with Crippen LogP contribution in [0, 0.1) is 5.92 Å². The molecule has 15 heavy (non-hydrogen) atoms. The number of nitrogens with zero attached hydrogens (tertiary/aromatic N) is 2. The lowest BCUT2D eigenvalue weighted by molar-refractivity contribution is 0.139. The molecule has 0 aromatic rings. The molecule has 3 nitrogen and oxygen atoms in total. The standard InChI is InChI=1S/C12H24N2.H3N/c1-3-13-7-6-12(10-13)14-8-4-11(2)5-9-14;/h11-12H,3-10H2,1-2H3;1H3. The molecule has 1 atom stereocenters. The van der Waals surface area contributed by atoms with E-state index in [1.807, 2.05) is 0 Å². The Kier molecular flexibility index (Phi) is 5.03. The average molecular weight is 213 g/mol. The third kappa shape index (κ3) is 3.16. The third-order valence-electron chi connectivity index (χ3n) is 4.03. The van der Waals surface area contributed by atoms with Gasteiger partial charge in [-0.2, -0.15) is 0 Å². The zero-order valence-electron chi connectivity index (χ0n) is 10.4. The molecular formula is C12H27N3. The smallest absolute Gasteiger partial charge is 0.0235 e. The van der Waals surface area contributed by atoms with E-state index in [1.54, 1.807) is 0 Å². The monoisotopic (exact) mass is 213 g/mol. The van der Waals surface area contributed by atoms with Crippen molar-refractivity contribution in [1.29, 1.82) is 0 Å². The van der Waals surface area contributed by atoms with Crippen molar-refractivity contribution in [1.82, 2.24) is 16.0 Å². The van der Waals surface area contributed by atoms with Gasteiger partial charge in [0.15, 0.2) is 0 Å². The van der Waals surface area contributed by atoms with E-state index >= 15 is 0 Å². The highest BCUT2D eigenvalue weighted by Gasteiger charge is 2.28. The van der Waals surface area contributed by atoms with Gasteiger partial charge in [-0.05, 0) is 51.4 Å². The molecule has 2 heterocycles.